The smallest absolute Gasteiger partial charge is 0.246 e. The third kappa shape index (κ3) is 4.22. The molecule has 0 aliphatic heterocycles. The molecule has 6 nitrogen and oxygen atoms in total. The normalized spacial score (nSPS) is 14.7. The fourth-order valence-corrected chi connectivity index (χ4v) is 3.30. The number of hydrogen-bond donors (Lipinski definition) is 0. The molecule has 3 aromatic rings. The Morgan fingerprint density at radius 2 is 1.78 bits per heavy atom. The Kier molecular flexibility index (Phi) is 4.96. The molecule has 0 radical (unpaired) electrons. The van der Waals surface area contributed by atoms with Gasteiger partial charge in [0.05, 0.1) is 0 Å². The predicted octanol–water partition coefficient (Wildman–Crippen LogP) is 3.17. The molecule has 1 aliphatic carbocycles. The van der Waals surface area contributed by atoms with E-state index in [2.05, 4.69) is 34.5 Å². The third-order valence-electron chi connectivity index (χ3n) is 5.07. The zero-order valence-electron chi connectivity index (χ0n) is 15.4. The largest absolute Gasteiger partial charge is 0.334 e. The summed E-state index contributed by atoms with van der Waals surface area (Å²) in [5.41, 5.74) is 2.03. The van der Waals surface area contributed by atoms with Crippen LogP contribution in [-0.4, -0.2) is 37.1 Å². The average Bonchev–Trinajstić information content (AvgIpc) is 3.46. The van der Waals surface area contributed by atoms with Gasteiger partial charge in [-0.15, -0.1) is 10.2 Å². The van der Waals surface area contributed by atoms with Crippen molar-refractivity contribution in [2.45, 2.75) is 38.9 Å². The van der Waals surface area contributed by atoms with Crippen LogP contribution in [-0.2, 0) is 17.9 Å². The quantitative estimate of drug-likeness (QED) is 0.648. The maximum Gasteiger partial charge on any atom is 0.246 e. The molecule has 0 spiro atoms. The molecule has 1 unspecified atom stereocenters. The molecule has 1 aromatic heterocycles. The second-order valence-corrected chi connectivity index (χ2v) is 7.09. The molecule has 1 amide bonds. The van der Waals surface area contributed by atoms with Crippen LogP contribution in [0, 0.1) is 5.92 Å². The summed E-state index contributed by atoms with van der Waals surface area (Å²) in [6.45, 7) is 2.85. The number of aromatic nitrogens is 4. The summed E-state index contributed by atoms with van der Waals surface area (Å²) in [5.74, 6) is 1.16. The summed E-state index contributed by atoms with van der Waals surface area (Å²) < 4.78 is 0. The summed E-state index contributed by atoms with van der Waals surface area (Å²) in [6, 6.07) is 20.0. The van der Waals surface area contributed by atoms with Crippen molar-refractivity contribution >= 4 is 5.91 Å². The van der Waals surface area contributed by atoms with E-state index in [0.29, 0.717) is 18.3 Å². The first-order valence-corrected chi connectivity index (χ1v) is 9.37. The van der Waals surface area contributed by atoms with Crippen molar-refractivity contribution in [1.82, 2.24) is 25.1 Å². The van der Waals surface area contributed by atoms with Gasteiger partial charge < -0.3 is 4.90 Å². The highest BCUT2D eigenvalue weighted by atomic mass is 16.2. The molecule has 1 fully saturated rings. The molecule has 1 aliphatic rings. The van der Waals surface area contributed by atoms with E-state index in [-0.39, 0.29) is 18.5 Å². The molecule has 6 heteroatoms. The first-order valence-electron chi connectivity index (χ1n) is 9.37. The van der Waals surface area contributed by atoms with Crippen molar-refractivity contribution in [3.63, 3.8) is 0 Å². The molecule has 4 rings (SSSR count). The van der Waals surface area contributed by atoms with Gasteiger partial charge in [-0.1, -0.05) is 60.7 Å². The van der Waals surface area contributed by atoms with Crippen molar-refractivity contribution in [3.8, 4) is 11.4 Å². The zero-order valence-corrected chi connectivity index (χ0v) is 15.4. The Balaban J connectivity index is 1.49. The number of carbonyl (C=O) groups is 1. The lowest BCUT2D eigenvalue weighted by atomic mass is 10.1. The average molecular weight is 361 g/mol. The fraction of sp³-hybridized carbons (Fsp3) is 0.333. The van der Waals surface area contributed by atoms with Gasteiger partial charge in [0.15, 0.2) is 0 Å². The SMILES string of the molecule is CC(C1CC1)N(Cc1ccccc1)C(=O)Cn1nnc(-c2ccccc2)n1. The van der Waals surface area contributed by atoms with E-state index >= 15 is 0 Å². The highest BCUT2D eigenvalue weighted by Crippen LogP contribution is 2.35. The Labute approximate surface area is 158 Å². The van der Waals surface area contributed by atoms with Gasteiger partial charge in [0.25, 0.3) is 0 Å². The highest BCUT2D eigenvalue weighted by Gasteiger charge is 2.34. The molecule has 2 aromatic carbocycles. The zero-order chi connectivity index (χ0) is 18.6. The van der Waals surface area contributed by atoms with E-state index in [0.717, 1.165) is 11.1 Å². The lowest BCUT2D eigenvalue weighted by molar-refractivity contribution is -0.135. The van der Waals surface area contributed by atoms with Gasteiger partial charge in [-0.2, -0.15) is 4.80 Å². The maximum atomic E-state index is 13.0. The van der Waals surface area contributed by atoms with Crippen LogP contribution in [0.15, 0.2) is 60.7 Å². The van der Waals surface area contributed by atoms with Gasteiger partial charge in [0.1, 0.15) is 6.54 Å². The van der Waals surface area contributed by atoms with Crippen molar-refractivity contribution < 1.29 is 4.79 Å². The Bertz CT molecular complexity index is 889. The first-order chi connectivity index (χ1) is 13.2. The lowest BCUT2D eigenvalue weighted by Gasteiger charge is -2.29. The Morgan fingerprint density at radius 1 is 1.11 bits per heavy atom. The number of amides is 1. The highest BCUT2D eigenvalue weighted by molar-refractivity contribution is 5.76. The molecule has 1 saturated carbocycles. The molecule has 1 atom stereocenters. The van der Waals surface area contributed by atoms with Crippen LogP contribution in [0.4, 0.5) is 0 Å². The third-order valence-corrected chi connectivity index (χ3v) is 5.07. The minimum Gasteiger partial charge on any atom is -0.334 e. The van der Waals surface area contributed by atoms with E-state index in [4.69, 9.17) is 0 Å². The van der Waals surface area contributed by atoms with Gasteiger partial charge in [-0.05, 0) is 36.5 Å². The van der Waals surface area contributed by atoms with Crippen molar-refractivity contribution in [3.05, 3.63) is 66.2 Å². The summed E-state index contributed by atoms with van der Waals surface area (Å²) in [6.07, 6.45) is 2.39. The molecular formula is C21H23N5O. The van der Waals surface area contributed by atoms with Crippen molar-refractivity contribution in [2.24, 2.45) is 5.92 Å². The maximum absolute atomic E-state index is 13.0. The van der Waals surface area contributed by atoms with Gasteiger partial charge in [-0.25, -0.2) is 0 Å². The van der Waals surface area contributed by atoms with Crippen molar-refractivity contribution in [2.75, 3.05) is 0 Å². The minimum absolute atomic E-state index is 0.0234. The second-order valence-electron chi connectivity index (χ2n) is 7.09. The van der Waals surface area contributed by atoms with Gasteiger partial charge >= 0.3 is 0 Å². The van der Waals surface area contributed by atoms with Gasteiger partial charge in [-0.3, -0.25) is 4.79 Å². The molecule has 138 valence electrons. The van der Waals surface area contributed by atoms with Crippen LogP contribution in [0.1, 0.15) is 25.3 Å². The molecular weight excluding hydrogens is 338 g/mol. The van der Waals surface area contributed by atoms with Gasteiger partial charge in [0.2, 0.25) is 11.7 Å². The molecule has 27 heavy (non-hydrogen) atoms. The van der Waals surface area contributed by atoms with Crippen LogP contribution in [0.25, 0.3) is 11.4 Å². The van der Waals surface area contributed by atoms with Crippen LogP contribution in [0.2, 0.25) is 0 Å². The van der Waals surface area contributed by atoms with E-state index in [1.165, 1.54) is 17.6 Å². The van der Waals surface area contributed by atoms with Crippen LogP contribution >= 0.6 is 0 Å². The number of tetrazole rings is 1. The molecule has 0 N–H and O–H groups in total. The van der Waals surface area contributed by atoms with Gasteiger partial charge in [0, 0.05) is 18.2 Å². The number of carbonyl (C=O) groups excluding carboxylic acids is 1. The van der Waals surface area contributed by atoms with Crippen molar-refractivity contribution in [1.29, 1.82) is 0 Å². The predicted molar refractivity (Wildman–Crippen MR) is 102 cm³/mol. The van der Waals surface area contributed by atoms with Crippen LogP contribution in [0.3, 0.4) is 0 Å². The molecule has 1 heterocycles. The lowest BCUT2D eigenvalue weighted by Crippen LogP contribution is -2.41. The number of rotatable bonds is 7. The standard InChI is InChI=1S/C21H23N5O/c1-16(18-12-13-18)25(14-17-8-4-2-5-9-17)20(27)15-26-23-21(22-24-26)19-10-6-3-7-11-19/h2-11,16,18H,12-15H2,1H3. The second kappa shape index (κ2) is 7.70. The summed E-state index contributed by atoms with van der Waals surface area (Å²) in [4.78, 5) is 16.4. The van der Waals surface area contributed by atoms with Crippen LogP contribution in [0.5, 0.6) is 0 Å². The fourth-order valence-electron chi connectivity index (χ4n) is 3.30. The van der Waals surface area contributed by atoms with E-state index in [9.17, 15) is 4.79 Å². The first kappa shape index (κ1) is 17.4. The minimum atomic E-state index is 0.0234. The summed E-state index contributed by atoms with van der Waals surface area (Å²) in [5, 5.41) is 12.5. The summed E-state index contributed by atoms with van der Waals surface area (Å²) in [7, 11) is 0. The number of benzene rings is 2. The number of hydrogen-bond acceptors (Lipinski definition) is 4. The molecule has 0 saturated heterocycles. The number of nitrogens with zero attached hydrogens (tertiary/aromatic N) is 5. The Hall–Kier alpha value is -3.02. The Morgan fingerprint density at radius 3 is 2.44 bits per heavy atom. The topological polar surface area (TPSA) is 63.9 Å². The molecule has 0 bridgehead atoms. The van der Waals surface area contributed by atoms with E-state index in [1.54, 1.807) is 0 Å². The van der Waals surface area contributed by atoms with Crippen LogP contribution < -0.4 is 0 Å². The van der Waals surface area contributed by atoms with E-state index in [1.807, 2.05) is 53.4 Å². The van der Waals surface area contributed by atoms with E-state index < -0.39 is 0 Å². The monoisotopic (exact) mass is 361 g/mol. The summed E-state index contributed by atoms with van der Waals surface area (Å²) >= 11 is 0.